The summed E-state index contributed by atoms with van der Waals surface area (Å²) in [6, 6.07) is 4.09. The number of aliphatic hydroxyl groups excluding tert-OH is 1. The normalized spacial score (nSPS) is 13.1. The second-order valence-electron chi connectivity index (χ2n) is 10.5. The molecule has 9 heteroatoms. The number of halogens is 3. The maximum atomic E-state index is 13.9. The van der Waals surface area contributed by atoms with Crippen LogP contribution in [0.5, 0.6) is 0 Å². The van der Waals surface area contributed by atoms with Gasteiger partial charge in [-0.05, 0) is 69.6 Å². The summed E-state index contributed by atoms with van der Waals surface area (Å²) in [6.45, 7) is 4.89. The topological polar surface area (TPSA) is 81.1 Å². The third kappa shape index (κ3) is 8.51. The molecule has 0 bridgehead atoms. The maximum Gasteiger partial charge on any atom is 0.417 e. The zero-order valence-electron chi connectivity index (χ0n) is 23.3. The minimum Gasteiger partial charge on any atom is -0.616 e. The van der Waals surface area contributed by atoms with Crippen LogP contribution in [0.15, 0.2) is 23.0 Å². The van der Waals surface area contributed by atoms with E-state index in [9.17, 15) is 22.5 Å². The number of nitrogens with zero attached hydrogens (tertiary/aromatic N) is 1. The molecule has 5 nitrogen and oxygen atoms in total. The molecule has 0 fully saturated rings. The smallest absolute Gasteiger partial charge is 0.417 e. The molecule has 1 atom stereocenters. The first-order valence-corrected chi connectivity index (χ1v) is 15.9. The number of aliphatic hydroxyl groups is 1. The van der Waals surface area contributed by atoms with Gasteiger partial charge in [-0.1, -0.05) is 50.2 Å². The molecule has 0 saturated carbocycles. The van der Waals surface area contributed by atoms with Crippen molar-refractivity contribution in [1.82, 2.24) is 9.55 Å². The van der Waals surface area contributed by atoms with Crippen molar-refractivity contribution >= 4 is 33.0 Å². The van der Waals surface area contributed by atoms with E-state index in [1.165, 1.54) is 0 Å². The third-order valence-electron chi connectivity index (χ3n) is 7.58. The molecule has 0 aliphatic heterocycles. The van der Waals surface area contributed by atoms with Crippen LogP contribution in [-0.2, 0) is 30.3 Å². The van der Waals surface area contributed by atoms with Crippen LogP contribution in [0.4, 0.5) is 13.2 Å². The molecule has 39 heavy (non-hydrogen) atoms. The molecule has 1 unspecified atom stereocenters. The maximum absolute atomic E-state index is 13.9. The lowest BCUT2D eigenvalue weighted by atomic mass is 10.0. The predicted octanol–water partition coefficient (Wildman–Crippen LogP) is 7.40. The molecule has 0 amide bonds. The molecule has 0 saturated heterocycles. The Kier molecular flexibility index (Phi) is 12.3. The van der Waals surface area contributed by atoms with E-state index in [0.29, 0.717) is 11.5 Å². The Labute approximate surface area is 232 Å². The van der Waals surface area contributed by atoms with Crippen molar-refractivity contribution in [1.29, 1.82) is 0 Å². The van der Waals surface area contributed by atoms with Crippen molar-refractivity contribution in [3.63, 3.8) is 0 Å². The number of benzene rings is 1. The van der Waals surface area contributed by atoms with E-state index >= 15 is 0 Å². The van der Waals surface area contributed by atoms with Gasteiger partial charge in [-0.25, -0.2) is 0 Å². The summed E-state index contributed by atoms with van der Waals surface area (Å²) in [6.07, 6.45) is 7.41. The van der Waals surface area contributed by atoms with Gasteiger partial charge >= 0.3 is 6.18 Å². The first-order valence-electron chi connectivity index (χ1n) is 14.4. The van der Waals surface area contributed by atoms with Gasteiger partial charge in [0.1, 0.15) is 11.5 Å². The molecule has 3 rings (SSSR count). The van der Waals surface area contributed by atoms with Gasteiger partial charge in [-0.3, -0.25) is 4.79 Å². The van der Waals surface area contributed by atoms with Crippen molar-refractivity contribution in [2.75, 3.05) is 18.1 Å². The molecule has 2 aromatic heterocycles. The molecule has 0 aliphatic carbocycles. The van der Waals surface area contributed by atoms with E-state index in [1.54, 1.807) is 6.07 Å². The van der Waals surface area contributed by atoms with Gasteiger partial charge in [0.05, 0.1) is 5.56 Å². The van der Waals surface area contributed by atoms with Gasteiger partial charge < -0.3 is 19.2 Å². The van der Waals surface area contributed by atoms with Gasteiger partial charge in [-0.15, -0.1) is 0 Å². The fraction of sp³-hybridized carbons (Fsp3) is 0.633. The highest BCUT2D eigenvalue weighted by Crippen LogP contribution is 2.39. The lowest BCUT2D eigenvalue weighted by Crippen LogP contribution is -2.14. The molecule has 2 heterocycles. The van der Waals surface area contributed by atoms with Crippen LogP contribution in [0.3, 0.4) is 0 Å². The van der Waals surface area contributed by atoms with E-state index in [1.807, 2.05) is 19.9 Å². The first-order chi connectivity index (χ1) is 18.7. The van der Waals surface area contributed by atoms with Crippen LogP contribution in [0.25, 0.3) is 21.8 Å². The van der Waals surface area contributed by atoms with E-state index in [0.717, 1.165) is 112 Å². The van der Waals surface area contributed by atoms with E-state index in [-0.39, 0.29) is 17.5 Å². The standard InChI is InChI=1S/C30H43F3N2O3S/c1-3-25-22(2)28-26(16-15-24-29(28)23(30(31,32)33)21-27(37)34-24)35(25)17-11-7-5-4-6-9-13-19-39(38)20-14-10-8-12-18-36/h15-16,21,36H,3-14,17-20H2,1-2H3,(H,34,37). The van der Waals surface area contributed by atoms with Crippen LogP contribution in [0, 0.1) is 6.92 Å². The van der Waals surface area contributed by atoms with Gasteiger partial charge in [0.25, 0.3) is 0 Å². The number of aromatic nitrogens is 2. The lowest BCUT2D eigenvalue weighted by Gasteiger charge is -2.12. The molecule has 0 spiro atoms. The Morgan fingerprint density at radius 2 is 1.51 bits per heavy atom. The third-order valence-corrected chi connectivity index (χ3v) is 9.07. The minimum absolute atomic E-state index is 0.0770. The number of unbranched alkanes of at least 4 members (excludes halogenated alkanes) is 9. The van der Waals surface area contributed by atoms with Gasteiger partial charge in [0.2, 0.25) is 5.56 Å². The molecular weight excluding hydrogens is 525 g/mol. The Hall–Kier alpha value is -1.97. The summed E-state index contributed by atoms with van der Waals surface area (Å²) in [5, 5.41) is 9.45. The fourth-order valence-corrected chi connectivity index (χ4v) is 6.88. The van der Waals surface area contributed by atoms with E-state index < -0.39 is 28.5 Å². The average molecular weight is 569 g/mol. The number of fused-ring (bicyclic) bond motifs is 3. The number of H-pyrrole nitrogens is 1. The Morgan fingerprint density at radius 1 is 0.923 bits per heavy atom. The summed E-state index contributed by atoms with van der Waals surface area (Å²) in [5.74, 6) is 1.54. The SMILES string of the molecule is CCc1c(C)c2c3c(C(F)(F)F)cc(=O)[nH]c3ccc2n1CCCCCCCCC[S+]([O-])CCCCCCO. The van der Waals surface area contributed by atoms with Crippen LogP contribution in [0.1, 0.15) is 94.4 Å². The highest BCUT2D eigenvalue weighted by Gasteiger charge is 2.34. The Morgan fingerprint density at radius 3 is 2.10 bits per heavy atom. The van der Waals surface area contributed by atoms with Crippen molar-refractivity contribution in [3.05, 3.63) is 45.4 Å². The van der Waals surface area contributed by atoms with Crippen LogP contribution in [-0.4, -0.2) is 37.3 Å². The molecular formula is C30H43F3N2O3S. The number of aromatic amines is 1. The van der Waals surface area contributed by atoms with Crippen molar-refractivity contribution in [2.24, 2.45) is 0 Å². The number of hydrogen-bond acceptors (Lipinski definition) is 3. The highest BCUT2D eigenvalue weighted by molar-refractivity contribution is 7.91. The van der Waals surface area contributed by atoms with Crippen LogP contribution in [0.2, 0.25) is 0 Å². The van der Waals surface area contributed by atoms with Crippen molar-refractivity contribution in [3.8, 4) is 0 Å². The quantitative estimate of drug-likeness (QED) is 0.131. The Bertz CT molecular complexity index is 1250. The number of alkyl halides is 3. The Balaban J connectivity index is 1.52. The minimum atomic E-state index is -4.61. The molecule has 3 aromatic rings. The second-order valence-corrected chi connectivity index (χ2v) is 12.2. The number of rotatable bonds is 17. The lowest BCUT2D eigenvalue weighted by molar-refractivity contribution is -0.136. The zero-order valence-corrected chi connectivity index (χ0v) is 24.1. The van der Waals surface area contributed by atoms with Gasteiger partial charge in [0, 0.05) is 46.7 Å². The number of nitrogens with one attached hydrogen (secondary N) is 1. The number of aryl methyl sites for hydroxylation is 2. The van der Waals surface area contributed by atoms with Crippen LogP contribution < -0.4 is 5.56 Å². The summed E-state index contributed by atoms with van der Waals surface area (Å²) in [7, 11) is 0. The summed E-state index contributed by atoms with van der Waals surface area (Å²) < 4.78 is 55.9. The van der Waals surface area contributed by atoms with Crippen molar-refractivity contribution in [2.45, 2.75) is 104 Å². The monoisotopic (exact) mass is 568 g/mol. The molecule has 2 N–H and O–H groups in total. The summed E-state index contributed by atoms with van der Waals surface area (Å²) in [4.78, 5) is 14.5. The zero-order chi connectivity index (χ0) is 28.4. The molecule has 1 aromatic carbocycles. The fourth-order valence-electron chi connectivity index (χ4n) is 5.63. The molecule has 218 valence electrons. The second kappa shape index (κ2) is 15.1. The van der Waals surface area contributed by atoms with Gasteiger partial charge in [0.15, 0.2) is 0 Å². The van der Waals surface area contributed by atoms with Gasteiger partial charge in [-0.2, -0.15) is 13.2 Å². The first kappa shape index (κ1) is 31.6. The highest BCUT2D eigenvalue weighted by atomic mass is 32.2. The summed E-state index contributed by atoms with van der Waals surface area (Å²) >= 11 is -0.732. The molecule has 0 radical (unpaired) electrons. The van der Waals surface area contributed by atoms with Crippen LogP contribution >= 0.6 is 0 Å². The van der Waals surface area contributed by atoms with Crippen molar-refractivity contribution < 1.29 is 22.8 Å². The number of pyridine rings is 1. The summed E-state index contributed by atoms with van der Waals surface area (Å²) in [5.41, 5.74) is 1.26. The average Bonchev–Trinajstić information content (AvgIpc) is 3.16. The van der Waals surface area contributed by atoms with E-state index in [4.69, 9.17) is 5.11 Å². The predicted molar refractivity (Wildman–Crippen MR) is 155 cm³/mol. The number of hydrogen-bond donors (Lipinski definition) is 2. The molecule has 0 aliphatic rings. The largest absolute Gasteiger partial charge is 0.616 e. The van der Waals surface area contributed by atoms with E-state index in [2.05, 4.69) is 9.55 Å².